The van der Waals surface area contributed by atoms with Gasteiger partial charge < -0.3 is 4.90 Å². The maximum Gasteiger partial charge on any atom is 0.260 e. The van der Waals surface area contributed by atoms with Crippen molar-refractivity contribution >= 4 is 29.1 Å². The molecule has 0 aromatic heterocycles. The van der Waals surface area contributed by atoms with Gasteiger partial charge in [0, 0.05) is 22.7 Å². The van der Waals surface area contributed by atoms with Gasteiger partial charge in [-0.15, -0.1) is 0 Å². The van der Waals surface area contributed by atoms with Crippen LogP contribution < -0.4 is 4.90 Å². The van der Waals surface area contributed by atoms with E-state index in [0.29, 0.717) is 28.4 Å². The van der Waals surface area contributed by atoms with E-state index in [1.807, 2.05) is 66.7 Å². The second-order valence-electron chi connectivity index (χ2n) is 6.71. The Morgan fingerprint density at radius 3 is 2.22 bits per heavy atom. The lowest BCUT2D eigenvalue weighted by atomic mass is 10.0. The van der Waals surface area contributed by atoms with Crippen molar-refractivity contribution in [3.8, 4) is 0 Å². The number of rotatable bonds is 2. The van der Waals surface area contributed by atoms with E-state index < -0.39 is 6.17 Å². The van der Waals surface area contributed by atoms with E-state index in [0.717, 1.165) is 11.1 Å². The van der Waals surface area contributed by atoms with Crippen LogP contribution in [-0.4, -0.2) is 16.7 Å². The van der Waals surface area contributed by atoms with Crippen molar-refractivity contribution in [1.82, 2.24) is 4.90 Å². The van der Waals surface area contributed by atoms with Crippen LogP contribution in [0.2, 0.25) is 5.02 Å². The fourth-order valence-electron chi connectivity index (χ4n) is 3.92. The van der Waals surface area contributed by atoms with E-state index in [-0.39, 0.29) is 11.8 Å². The maximum absolute atomic E-state index is 13.3. The first-order valence-corrected chi connectivity index (χ1v) is 9.10. The molecule has 132 valence electrons. The SMILES string of the molecule is O=C1c2ccccc2N2C(=O)c3ccccc3C2N1Cc1ccc(Cl)cc1. The van der Waals surface area contributed by atoms with Crippen LogP contribution in [0.5, 0.6) is 0 Å². The van der Waals surface area contributed by atoms with E-state index in [1.54, 1.807) is 15.9 Å². The van der Waals surface area contributed by atoms with Crippen LogP contribution in [0.1, 0.15) is 38.0 Å². The molecule has 0 radical (unpaired) electrons. The Balaban J connectivity index is 1.67. The van der Waals surface area contributed by atoms with Gasteiger partial charge in [-0.05, 0) is 35.9 Å². The minimum absolute atomic E-state index is 0.0725. The molecule has 3 aromatic rings. The number of halogens is 1. The van der Waals surface area contributed by atoms with Crippen LogP contribution in [0.25, 0.3) is 0 Å². The van der Waals surface area contributed by atoms with Crippen molar-refractivity contribution in [2.24, 2.45) is 0 Å². The lowest BCUT2D eigenvalue weighted by Crippen LogP contribution is -2.47. The topological polar surface area (TPSA) is 40.6 Å². The van der Waals surface area contributed by atoms with Gasteiger partial charge in [0.2, 0.25) is 0 Å². The van der Waals surface area contributed by atoms with E-state index in [9.17, 15) is 9.59 Å². The molecular weight excluding hydrogens is 360 g/mol. The highest BCUT2D eigenvalue weighted by Crippen LogP contribution is 2.45. The first-order chi connectivity index (χ1) is 13.1. The summed E-state index contributed by atoms with van der Waals surface area (Å²) in [7, 11) is 0. The predicted octanol–water partition coefficient (Wildman–Crippen LogP) is 4.66. The summed E-state index contributed by atoms with van der Waals surface area (Å²) in [6.07, 6.45) is -0.438. The minimum atomic E-state index is -0.438. The van der Waals surface area contributed by atoms with Gasteiger partial charge in [-0.25, -0.2) is 0 Å². The Morgan fingerprint density at radius 1 is 0.778 bits per heavy atom. The van der Waals surface area contributed by atoms with Crippen LogP contribution in [0, 0.1) is 0 Å². The second-order valence-corrected chi connectivity index (χ2v) is 7.15. The number of fused-ring (bicyclic) bond motifs is 5. The van der Waals surface area contributed by atoms with Crippen molar-refractivity contribution in [2.75, 3.05) is 4.90 Å². The van der Waals surface area contributed by atoms with Gasteiger partial charge in [-0.3, -0.25) is 14.5 Å². The van der Waals surface area contributed by atoms with Gasteiger partial charge in [-0.2, -0.15) is 0 Å². The maximum atomic E-state index is 13.3. The standard InChI is InChI=1S/C22H15ClN2O2/c23-15-11-9-14(10-12-15)13-24-20-16-5-1-2-6-17(16)22(27)25(20)19-8-4-3-7-18(19)21(24)26/h1-12,20H,13H2. The first kappa shape index (κ1) is 16.1. The molecule has 0 saturated heterocycles. The third-order valence-corrected chi connectivity index (χ3v) is 5.40. The third kappa shape index (κ3) is 2.37. The third-order valence-electron chi connectivity index (χ3n) is 5.15. The summed E-state index contributed by atoms with van der Waals surface area (Å²) in [5.74, 6) is -0.150. The summed E-state index contributed by atoms with van der Waals surface area (Å²) in [5, 5.41) is 0.650. The Bertz CT molecular complexity index is 1080. The Morgan fingerprint density at radius 2 is 1.44 bits per heavy atom. The average molecular weight is 375 g/mol. The molecule has 2 amide bonds. The number of para-hydroxylation sites is 1. The van der Waals surface area contributed by atoms with Gasteiger partial charge in [0.05, 0.1) is 11.3 Å². The highest BCUT2D eigenvalue weighted by Gasteiger charge is 2.47. The number of anilines is 1. The molecular formula is C22H15ClN2O2. The number of hydrogen-bond donors (Lipinski definition) is 0. The Kier molecular flexibility index (Phi) is 3.55. The molecule has 5 heteroatoms. The van der Waals surface area contributed by atoms with Gasteiger partial charge in [0.25, 0.3) is 11.8 Å². The zero-order valence-electron chi connectivity index (χ0n) is 14.3. The highest BCUT2D eigenvalue weighted by atomic mass is 35.5. The molecule has 0 bridgehead atoms. The predicted molar refractivity (Wildman–Crippen MR) is 104 cm³/mol. The summed E-state index contributed by atoms with van der Waals surface area (Å²) in [6.45, 7) is 0.396. The molecule has 2 aliphatic heterocycles. The van der Waals surface area contributed by atoms with E-state index >= 15 is 0 Å². The van der Waals surface area contributed by atoms with Crippen molar-refractivity contribution < 1.29 is 9.59 Å². The Hall–Kier alpha value is -3.11. The fourth-order valence-corrected chi connectivity index (χ4v) is 4.05. The number of carbonyl (C=O) groups excluding carboxylic acids is 2. The zero-order valence-corrected chi connectivity index (χ0v) is 15.1. The fraction of sp³-hybridized carbons (Fsp3) is 0.0909. The minimum Gasteiger partial charge on any atom is -0.309 e. The molecule has 27 heavy (non-hydrogen) atoms. The highest BCUT2D eigenvalue weighted by molar-refractivity contribution is 6.30. The largest absolute Gasteiger partial charge is 0.309 e. The summed E-state index contributed by atoms with van der Waals surface area (Å²) in [6, 6.07) is 22.2. The van der Waals surface area contributed by atoms with E-state index in [1.165, 1.54) is 0 Å². The van der Waals surface area contributed by atoms with Crippen LogP contribution in [-0.2, 0) is 6.54 Å². The van der Waals surface area contributed by atoms with Crippen molar-refractivity contribution in [3.05, 3.63) is 100 Å². The molecule has 1 atom stereocenters. The van der Waals surface area contributed by atoms with Crippen molar-refractivity contribution in [3.63, 3.8) is 0 Å². The van der Waals surface area contributed by atoms with E-state index in [4.69, 9.17) is 11.6 Å². The molecule has 0 fully saturated rings. The average Bonchev–Trinajstić information content (AvgIpc) is 3.00. The van der Waals surface area contributed by atoms with Crippen molar-refractivity contribution in [1.29, 1.82) is 0 Å². The quantitative estimate of drug-likeness (QED) is 0.654. The molecule has 1 unspecified atom stereocenters. The van der Waals surface area contributed by atoms with Crippen LogP contribution in [0.3, 0.4) is 0 Å². The second kappa shape index (κ2) is 5.96. The smallest absolute Gasteiger partial charge is 0.260 e. The molecule has 5 rings (SSSR count). The van der Waals surface area contributed by atoms with Crippen LogP contribution >= 0.6 is 11.6 Å². The molecule has 0 saturated carbocycles. The number of nitrogens with zero attached hydrogens (tertiary/aromatic N) is 2. The first-order valence-electron chi connectivity index (χ1n) is 8.72. The van der Waals surface area contributed by atoms with Gasteiger partial charge in [0.1, 0.15) is 6.17 Å². The lowest BCUT2D eigenvalue weighted by molar-refractivity contribution is 0.0630. The summed E-state index contributed by atoms with van der Waals surface area (Å²) in [4.78, 5) is 29.9. The van der Waals surface area contributed by atoms with Gasteiger partial charge in [-0.1, -0.05) is 54.1 Å². The molecule has 3 aromatic carbocycles. The molecule has 2 aliphatic rings. The van der Waals surface area contributed by atoms with Crippen LogP contribution in [0.4, 0.5) is 5.69 Å². The van der Waals surface area contributed by atoms with Crippen LogP contribution in [0.15, 0.2) is 72.8 Å². The molecule has 4 nitrogen and oxygen atoms in total. The monoisotopic (exact) mass is 374 g/mol. The molecule has 2 heterocycles. The zero-order chi connectivity index (χ0) is 18.5. The summed E-state index contributed by atoms with van der Waals surface area (Å²) in [5.41, 5.74) is 3.68. The van der Waals surface area contributed by atoms with Gasteiger partial charge in [0.15, 0.2) is 0 Å². The molecule has 0 aliphatic carbocycles. The van der Waals surface area contributed by atoms with Gasteiger partial charge >= 0.3 is 0 Å². The summed E-state index contributed by atoms with van der Waals surface area (Å²) < 4.78 is 0. The normalized spacial score (nSPS) is 17.6. The Labute approximate surface area is 161 Å². The summed E-state index contributed by atoms with van der Waals surface area (Å²) >= 11 is 5.99. The number of carbonyl (C=O) groups is 2. The number of amides is 2. The number of hydrogen-bond acceptors (Lipinski definition) is 2. The van der Waals surface area contributed by atoms with E-state index in [2.05, 4.69) is 0 Å². The number of benzene rings is 3. The van der Waals surface area contributed by atoms with Crippen molar-refractivity contribution in [2.45, 2.75) is 12.7 Å². The lowest BCUT2D eigenvalue weighted by Gasteiger charge is -2.41. The molecule has 0 N–H and O–H groups in total. The molecule has 0 spiro atoms.